The number of benzene rings is 1. The van der Waals surface area contributed by atoms with Crippen LogP contribution in [-0.2, 0) is 5.41 Å². The SMILES string of the molecule is C=C=C(N)C(C)(C)c1ccc(OC2CCCC2)c(C2=CCCC(F)=C2C2CCC2)c1.CC.CC.N.[HH]. The molecule has 3 aliphatic carbocycles. The molecule has 0 atom stereocenters. The van der Waals surface area contributed by atoms with Crippen LogP contribution in [0.1, 0.15) is 112 Å². The highest BCUT2D eigenvalue weighted by atomic mass is 19.1. The minimum absolute atomic E-state index is 0. The van der Waals surface area contributed by atoms with Crippen LogP contribution >= 0.6 is 0 Å². The summed E-state index contributed by atoms with van der Waals surface area (Å²) in [6.45, 7) is 15.9. The average molecular weight is 487 g/mol. The maximum absolute atomic E-state index is 15.1. The van der Waals surface area contributed by atoms with Crippen molar-refractivity contribution in [3.8, 4) is 5.75 Å². The Bertz CT molecular complexity index is 934. The Labute approximate surface area is 215 Å². The highest BCUT2D eigenvalue weighted by Crippen LogP contribution is 2.48. The molecule has 2 saturated carbocycles. The van der Waals surface area contributed by atoms with E-state index in [1.807, 2.05) is 27.7 Å². The van der Waals surface area contributed by atoms with Gasteiger partial charge in [-0.25, -0.2) is 4.39 Å². The minimum atomic E-state index is -0.406. The summed E-state index contributed by atoms with van der Waals surface area (Å²) in [7, 11) is 0. The van der Waals surface area contributed by atoms with Crippen molar-refractivity contribution in [2.75, 3.05) is 0 Å². The van der Waals surface area contributed by atoms with Gasteiger partial charge in [0.15, 0.2) is 0 Å². The van der Waals surface area contributed by atoms with Crippen molar-refractivity contribution in [3.63, 3.8) is 0 Å². The largest absolute Gasteiger partial charge is 0.490 e. The number of nitrogens with two attached hydrogens (primary N) is 1. The van der Waals surface area contributed by atoms with Crippen LogP contribution in [0.25, 0.3) is 5.57 Å². The molecule has 0 unspecified atom stereocenters. The molecule has 3 nitrogen and oxygen atoms in total. The van der Waals surface area contributed by atoms with Crippen molar-refractivity contribution in [1.82, 2.24) is 6.15 Å². The van der Waals surface area contributed by atoms with E-state index in [1.165, 1.54) is 19.3 Å². The van der Waals surface area contributed by atoms with Crippen LogP contribution < -0.4 is 16.6 Å². The molecule has 198 valence electrons. The third-order valence-corrected chi connectivity index (χ3v) is 7.26. The van der Waals surface area contributed by atoms with Crippen LogP contribution in [0, 0.1) is 5.92 Å². The molecular formula is C31H51FN2O. The molecule has 35 heavy (non-hydrogen) atoms. The van der Waals surface area contributed by atoms with Gasteiger partial charge in [0.05, 0.1) is 11.8 Å². The van der Waals surface area contributed by atoms with Gasteiger partial charge < -0.3 is 16.6 Å². The highest BCUT2D eigenvalue weighted by Gasteiger charge is 2.33. The van der Waals surface area contributed by atoms with E-state index < -0.39 is 5.41 Å². The van der Waals surface area contributed by atoms with Crippen molar-refractivity contribution in [2.24, 2.45) is 11.7 Å². The summed E-state index contributed by atoms with van der Waals surface area (Å²) in [6.07, 6.45) is 11.7. The molecule has 0 heterocycles. The second kappa shape index (κ2) is 14.3. The Hall–Kier alpha value is -2.29. The van der Waals surface area contributed by atoms with Crippen LogP contribution in [0.3, 0.4) is 0 Å². The van der Waals surface area contributed by atoms with Crippen LogP contribution in [-0.4, -0.2) is 6.10 Å². The standard InChI is InChI=1S/C27H34FNO.2C2H6.H3N.H2/c1-4-25(29)27(2,3)19-15-16-24(30-20-11-5-6-12-20)22(17-19)21-13-8-14-23(28)26(21)18-9-7-10-18;2*1-2;;/h13,15-18,20H,1,5-12,14,29H2,2-3H3;2*1-2H3;1H3;1H. The van der Waals surface area contributed by atoms with Gasteiger partial charge in [-0.15, -0.1) is 5.73 Å². The van der Waals surface area contributed by atoms with Crippen molar-refractivity contribution >= 4 is 5.57 Å². The van der Waals surface area contributed by atoms with Crippen molar-refractivity contribution in [1.29, 1.82) is 0 Å². The molecule has 4 rings (SSSR count). The average Bonchev–Trinajstić information content (AvgIpc) is 3.34. The van der Waals surface area contributed by atoms with Gasteiger partial charge >= 0.3 is 0 Å². The Morgan fingerprint density at radius 3 is 2.26 bits per heavy atom. The van der Waals surface area contributed by atoms with E-state index in [0.29, 0.717) is 18.0 Å². The van der Waals surface area contributed by atoms with Gasteiger partial charge in [0, 0.05) is 18.8 Å². The van der Waals surface area contributed by atoms with Gasteiger partial charge in [-0.1, -0.05) is 52.8 Å². The molecule has 1 aromatic carbocycles. The number of allylic oxidation sites excluding steroid dienone is 5. The molecule has 0 radical (unpaired) electrons. The van der Waals surface area contributed by atoms with E-state index in [2.05, 4.69) is 50.4 Å². The van der Waals surface area contributed by atoms with Crippen molar-refractivity contribution in [3.05, 3.63) is 64.8 Å². The first-order chi connectivity index (χ1) is 16.4. The van der Waals surface area contributed by atoms with E-state index in [4.69, 9.17) is 10.5 Å². The lowest BCUT2D eigenvalue weighted by molar-refractivity contribution is 0.209. The molecule has 0 bridgehead atoms. The van der Waals surface area contributed by atoms with E-state index in [0.717, 1.165) is 60.1 Å². The minimum Gasteiger partial charge on any atom is -0.490 e. The number of ether oxygens (including phenoxy) is 1. The lowest BCUT2D eigenvalue weighted by Crippen LogP contribution is -2.26. The third kappa shape index (κ3) is 6.90. The van der Waals surface area contributed by atoms with Gasteiger partial charge in [0.1, 0.15) is 11.6 Å². The van der Waals surface area contributed by atoms with Crippen molar-refractivity contribution in [2.45, 2.75) is 111 Å². The molecule has 4 heteroatoms. The third-order valence-electron chi connectivity index (χ3n) is 7.26. The fourth-order valence-electron chi connectivity index (χ4n) is 4.92. The summed E-state index contributed by atoms with van der Waals surface area (Å²) in [4.78, 5) is 0. The van der Waals surface area contributed by atoms with Gasteiger partial charge in [-0.2, -0.15) is 0 Å². The highest BCUT2D eigenvalue weighted by molar-refractivity contribution is 5.84. The summed E-state index contributed by atoms with van der Waals surface area (Å²) in [6, 6.07) is 6.31. The van der Waals surface area contributed by atoms with Gasteiger partial charge in [0.2, 0.25) is 0 Å². The van der Waals surface area contributed by atoms with Gasteiger partial charge in [0.25, 0.3) is 0 Å². The summed E-state index contributed by atoms with van der Waals surface area (Å²) in [5, 5.41) is 0. The molecule has 0 aromatic heterocycles. The first-order valence-electron chi connectivity index (χ1n) is 13.5. The molecule has 3 aliphatic rings. The topological polar surface area (TPSA) is 70.2 Å². The Kier molecular flexibility index (Phi) is 12.6. The lowest BCUT2D eigenvalue weighted by Gasteiger charge is -2.33. The second-order valence-corrected chi connectivity index (χ2v) is 9.55. The number of rotatable bonds is 6. The van der Waals surface area contributed by atoms with Gasteiger partial charge in [-0.05, 0) is 93.6 Å². The van der Waals surface area contributed by atoms with Crippen LogP contribution in [0.4, 0.5) is 4.39 Å². The molecule has 5 N–H and O–H groups in total. The number of hydrogen-bond donors (Lipinski definition) is 2. The smallest absolute Gasteiger partial charge is 0.127 e. The molecular weight excluding hydrogens is 435 g/mol. The molecule has 0 spiro atoms. The zero-order valence-corrected chi connectivity index (χ0v) is 23.1. The first-order valence-corrected chi connectivity index (χ1v) is 13.5. The zero-order chi connectivity index (χ0) is 25.3. The predicted octanol–water partition coefficient (Wildman–Crippen LogP) is 9.57. The van der Waals surface area contributed by atoms with E-state index in [1.54, 1.807) is 0 Å². The molecule has 2 fully saturated rings. The van der Waals surface area contributed by atoms with Crippen LogP contribution in [0.15, 0.2) is 53.7 Å². The first kappa shape index (κ1) is 30.7. The van der Waals surface area contributed by atoms with Gasteiger partial charge in [-0.3, -0.25) is 0 Å². The van der Waals surface area contributed by atoms with E-state index >= 15 is 4.39 Å². The normalized spacial score (nSPS) is 18.0. The fraction of sp³-hybridized carbons (Fsp3) is 0.581. The lowest BCUT2D eigenvalue weighted by atomic mass is 9.72. The molecule has 1 aromatic rings. The van der Waals surface area contributed by atoms with Crippen LogP contribution in [0.2, 0.25) is 0 Å². The maximum atomic E-state index is 15.1. The molecule has 0 saturated heterocycles. The zero-order valence-electron chi connectivity index (χ0n) is 23.1. The fourth-order valence-corrected chi connectivity index (χ4v) is 4.92. The second-order valence-electron chi connectivity index (χ2n) is 9.55. The number of hydrogen-bond acceptors (Lipinski definition) is 3. The Morgan fingerprint density at radius 1 is 1.09 bits per heavy atom. The monoisotopic (exact) mass is 486 g/mol. The summed E-state index contributed by atoms with van der Waals surface area (Å²) in [5.41, 5.74) is 13.3. The predicted molar refractivity (Wildman–Crippen MR) is 152 cm³/mol. The summed E-state index contributed by atoms with van der Waals surface area (Å²) >= 11 is 0. The quantitative estimate of drug-likeness (QED) is 0.393. The molecule has 0 aliphatic heterocycles. The Morgan fingerprint density at radius 2 is 1.71 bits per heavy atom. The summed E-state index contributed by atoms with van der Waals surface area (Å²) < 4.78 is 21.5. The summed E-state index contributed by atoms with van der Waals surface area (Å²) in [5.74, 6) is 1.28. The van der Waals surface area contributed by atoms with E-state index in [9.17, 15) is 0 Å². The Balaban J connectivity index is 0.00000195. The molecule has 0 amide bonds. The van der Waals surface area contributed by atoms with Crippen LogP contribution in [0.5, 0.6) is 5.75 Å². The maximum Gasteiger partial charge on any atom is 0.127 e. The number of halogens is 1. The van der Waals surface area contributed by atoms with E-state index in [-0.39, 0.29) is 19.5 Å². The van der Waals surface area contributed by atoms with Crippen molar-refractivity contribution < 1.29 is 10.6 Å².